The van der Waals surface area contributed by atoms with E-state index in [0.29, 0.717) is 17.9 Å². The molecule has 5 rings (SSSR count). The van der Waals surface area contributed by atoms with E-state index >= 15 is 0 Å². The first kappa shape index (κ1) is 18.3. The van der Waals surface area contributed by atoms with E-state index in [0.717, 1.165) is 50.1 Å². The summed E-state index contributed by atoms with van der Waals surface area (Å²) in [4.78, 5) is 33.4. The number of anilines is 1. The molecular weight excluding hydrogens is 382 g/mol. The third-order valence-corrected chi connectivity index (χ3v) is 7.14. The maximum Gasteiger partial charge on any atom is 0.253 e. The fourth-order valence-electron chi connectivity index (χ4n) is 4.28. The van der Waals surface area contributed by atoms with Crippen molar-refractivity contribution in [1.29, 1.82) is 0 Å². The number of carbonyl (C=O) groups is 2. The lowest BCUT2D eigenvalue weighted by Gasteiger charge is -2.31. The number of piperidine rings is 1. The zero-order chi connectivity index (χ0) is 19.8. The second-order valence-corrected chi connectivity index (χ2v) is 8.84. The highest BCUT2D eigenvalue weighted by Gasteiger charge is 2.27. The van der Waals surface area contributed by atoms with Gasteiger partial charge < -0.3 is 9.80 Å². The molecule has 3 aromatic rings. The van der Waals surface area contributed by atoms with Gasteiger partial charge in [0.05, 0.1) is 15.2 Å². The molecule has 0 atom stereocenters. The molecule has 0 spiro atoms. The monoisotopic (exact) mass is 405 g/mol. The highest BCUT2D eigenvalue weighted by Crippen LogP contribution is 2.34. The molecule has 5 nitrogen and oxygen atoms in total. The number of carbonyl (C=O) groups excluding carboxylic acids is 2. The van der Waals surface area contributed by atoms with Crippen LogP contribution >= 0.6 is 11.3 Å². The van der Waals surface area contributed by atoms with Crippen LogP contribution < -0.4 is 4.90 Å². The largest absolute Gasteiger partial charge is 0.339 e. The number of fused-ring (bicyclic) bond motifs is 1. The summed E-state index contributed by atoms with van der Waals surface area (Å²) < 4.78 is 1.23. The average molecular weight is 406 g/mol. The van der Waals surface area contributed by atoms with Gasteiger partial charge in [0.1, 0.15) is 0 Å². The highest BCUT2D eigenvalue weighted by atomic mass is 32.1. The first-order valence-corrected chi connectivity index (χ1v) is 11.1. The van der Waals surface area contributed by atoms with E-state index in [1.54, 1.807) is 16.2 Å². The summed E-state index contributed by atoms with van der Waals surface area (Å²) in [5.74, 6) is 0.674. The van der Waals surface area contributed by atoms with Gasteiger partial charge >= 0.3 is 0 Å². The molecule has 2 amide bonds. The summed E-state index contributed by atoms with van der Waals surface area (Å²) >= 11 is 1.78. The Kier molecular flexibility index (Phi) is 4.79. The Labute approximate surface area is 174 Å². The Hall–Kier alpha value is -2.73. The molecule has 6 heteroatoms. The molecule has 0 saturated carbocycles. The zero-order valence-electron chi connectivity index (χ0n) is 16.2. The number of rotatable bonds is 3. The second kappa shape index (κ2) is 7.59. The molecule has 0 N–H and O–H groups in total. The maximum absolute atomic E-state index is 12.9. The molecule has 2 aliphatic heterocycles. The van der Waals surface area contributed by atoms with Crippen LogP contribution in [0, 0.1) is 0 Å². The minimum Gasteiger partial charge on any atom is -0.339 e. The molecule has 0 bridgehead atoms. The Morgan fingerprint density at radius 3 is 2.45 bits per heavy atom. The third kappa shape index (κ3) is 3.53. The Bertz CT molecular complexity index is 1020. The zero-order valence-corrected chi connectivity index (χ0v) is 17.0. The van der Waals surface area contributed by atoms with E-state index in [1.807, 2.05) is 35.2 Å². The van der Waals surface area contributed by atoms with Crippen molar-refractivity contribution >= 4 is 39.1 Å². The van der Waals surface area contributed by atoms with E-state index in [1.165, 1.54) is 9.71 Å². The lowest BCUT2D eigenvalue weighted by molar-refractivity contribution is -0.117. The van der Waals surface area contributed by atoms with Crippen molar-refractivity contribution in [2.24, 2.45) is 0 Å². The van der Waals surface area contributed by atoms with Crippen LogP contribution in [0.3, 0.4) is 0 Å². The molecule has 148 valence electrons. The van der Waals surface area contributed by atoms with Gasteiger partial charge in [-0.15, -0.1) is 11.3 Å². The third-order valence-electron chi connectivity index (χ3n) is 5.94. The summed E-state index contributed by atoms with van der Waals surface area (Å²) in [5, 5.41) is 1.19. The number of hydrogen-bond acceptors (Lipinski definition) is 4. The smallest absolute Gasteiger partial charge is 0.253 e. The van der Waals surface area contributed by atoms with E-state index in [2.05, 4.69) is 18.2 Å². The van der Waals surface area contributed by atoms with Crippen LogP contribution in [0.4, 0.5) is 5.69 Å². The number of thiazole rings is 1. The number of para-hydroxylation sites is 1. The summed E-state index contributed by atoms with van der Waals surface area (Å²) in [6.45, 7) is 2.28. The standard InChI is InChI=1S/C23H23N3O2S/c27-21-6-3-13-26(21)18-9-7-17(8-10-18)23(28)25-14-11-16(12-15-25)22-24-19-4-1-2-5-20(19)29-22/h1-2,4-5,7-10,16H,3,6,11-15H2. The normalized spacial score (nSPS) is 18.0. The average Bonchev–Trinajstić information content (AvgIpc) is 3.39. The van der Waals surface area contributed by atoms with Gasteiger partial charge in [0.15, 0.2) is 0 Å². The van der Waals surface area contributed by atoms with Gasteiger partial charge in [-0.2, -0.15) is 0 Å². The molecule has 2 saturated heterocycles. The van der Waals surface area contributed by atoms with Crippen molar-refractivity contribution < 1.29 is 9.59 Å². The molecule has 0 unspecified atom stereocenters. The first-order valence-electron chi connectivity index (χ1n) is 10.2. The van der Waals surface area contributed by atoms with E-state index in [9.17, 15) is 9.59 Å². The Morgan fingerprint density at radius 1 is 1.00 bits per heavy atom. The van der Waals surface area contributed by atoms with Crippen LogP contribution in [0.25, 0.3) is 10.2 Å². The van der Waals surface area contributed by atoms with Gasteiger partial charge in [0.25, 0.3) is 5.91 Å². The molecule has 2 aromatic carbocycles. The first-order chi connectivity index (χ1) is 14.2. The van der Waals surface area contributed by atoms with Crippen LogP contribution in [-0.4, -0.2) is 41.3 Å². The number of nitrogens with zero attached hydrogens (tertiary/aromatic N) is 3. The van der Waals surface area contributed by atoms with E-state index in [-0.39, 0.29) is 11.8 Å². The van der Waals surface area contributed by atoms with Crippen molar-refractivity contribution in [3.63, 3.8) is 0 Å². The highest BCUT2D eigenvalue weighted by molar-refractivity contribution is 7.18. The van der Waals surface area contributed by atoms with Crippen molar-refractivity contribution in [3.05, 3.63) is 59.1 Å². The molecule has 29 heavy (non-hydrogen) atoms. The van der Waals surface area contributed by atoms with Crippen LogP contribution in [0.2, 0.25) is 0 Å². The van der Waals surface area contributed by atoms with Crippen LogP contribution in [0.1, 0.15) is 47.0 Å². The van der Waals surface area contributed by atoms with Gasteiger partial charge in [-0.25, -0.2) is 4.98 Å². The van der Waals surface area contributed by atoms with Crippen LogP contribution in [0.15, 0.2) is 48.5 Å². The van der Waals surface area contributed by atoms with Gasteiger partial charge in [0, 0.05) is 43.2 Å². The van der Waals surface area contributed by atoms with E-state index < -0.39 is 0 Å². The maximum atomic E-state index is 12.9. The lowest BCUT2D eigenvalue weighted by Crippen LogP contribution is -2.37. The fraction of sp³-hybridized carbons (Fsp3) is 0.348. The molecular formula is C23H23N3O2S. The second-order valence-electron chi connectivity index (χ2n) is 7.78. The van der Waals surface area contributed by atoms with Crippen molar-refractivity contribution in [2.45, 2.75) is 31.6 Å². The number of amides is 2. The van der Waals surface area contributed by atoms with Crippen molar-refractivity contribution in [1.82, 2.24) is 9.88 Å². The van der Waals surface area contributed by atoms with Gasteiger partial charge in [-0.05, 0) is 55.7 Å². The summed E-state index contributed by atoms with van der Waals surface area (Å²) in [5.41, 5.74) is 2.65. The molecule has 2 aliphatic rings. The van der Waals surface area contributed by atoms with Crippen LogP contribution in [0.5, 0.6) is 0 Å². The number of benzene rings is 2. The minimum absolute atomic E-state index is 0.0760. The molecule has 3 heterocycles. The Morgan fingerprint density at radius 2 is 1.76 bits per heavy atom. The topological polar surface area (TPSA) is 53.5 Å². The van der Waals surface area contributed by atoms with Crippen LogP contribution in [-0.2, 0) is 4.79 Å². The number of hydrogen-bond donors (Lipinski definition) is 0. The summed E-state index contributed by atoms with van der Waals surface area (Å²) in [6, 6.07) is 15.7. The predicted octanol–water partition coefficient (Wildman–Crippen LogP) is 4.44. The Balaban J connectivity index is 1.23. The quantitative estimate of drug-likeness (QED) is 0.647. The van der Waals surface area contributed by atoms with Gasteiger partial charge in [0.2, 0.25) is 5.91 Å². The predicted molar refractivity (Wildman–Crippen MR) is 116 cm³/mol. The SMILES string of the molecule is O=C(c1ccc(N2CCCC2=O)cc1)N1CCC(c2nc3ccccc3s2)CC1. The molecule has 2 fully saturated rings. The van der Waals surface area contributed by atoms with E-state index in [4.69, 9.17) is 4.98 Å². The van der Waals surface area contributed by atoms with Crippen molar-refractivity contribution in [3.8, 4) is 0 Å². The minimum atomic E-state index is 0.0760. The molecule has 1 aromatic heterocycles. The molecule has 0 aliphatic carbocycles. The lowest BCUT2D eigenvalue weighted by atomic mass is 9.97. The summed E-state index contributed by atoms with van der Waals surface area (Å²) in [7, 11) is 0. The number of aromatic nitrogens is 1. The summed E-state index contributed by atoms with van der Waals surface area (Å²) in [6.07, 6.45) is 3.42. The fourth-order valence-corrected chi connectivity index (χ4v) is 5.42. The van der Waals surface area contributed by atoms with Crippen molar-refractivity contribution in [2.75, 3.05) is 24.5 Å². The molecule has 0 radical (unpaired) electrons. The van der Waals surface area contributed by atoms with Gasteiger partial charge in [-0.3, -0.25) is 9.59 Å². The van der Waals surface area contributed by atoms with Gasteiger partial charge in [-0.1, -0.05) is 12.1 Å². The number of likely N-dealkylation sites (tertiary alicyclic amines) is 1.